The van der Waals surface area contributed by atoms with Crippen molar-refractivity contribution in [2.75, 3.05) is 25.0 Å². The molecule has 0 atom stereocenters. The number of sulfonamides is 1. The molecule has 0 aromatic heterocycles. The number of ether oxygens (including phenoxy) is 1. The van der Waals surface area contributed by atoms with E-state index in [1.54, 1.807) is 12.1 Å². The molecular weight excluding hydrogens is 471 g/mol. The van der Waals surface area contributed by atoms with E-state index in [2.05, 4.69) is 5.32 Å². The lowest BCUT2D eigenvalue weighted by molar-refractivity contribution is -0.118. The highest BCUT2D eigenvalue weighted by atomic mass is 35.5. The van der Waals surface area contributed by atoms with Gasteiger partial charge < -0.3 is 10.1 Å². The predicted molar refractivity (Wildman–Crippen MR) is 119 cm³/mol. The maximum Gasteiger partial charge on any atom is 0.262 e. The van der Waals surface area contributed by atoms with Gasteiger partial charge in [-0.1, -0.05) is 47.6 Å². The number of anilines is 1. The lowest BCUT2D eigenvalue weighted by atomic mass is 10.2. The summed E-state index contributed by atoms with van der Waals surface area (Å²) in [5.74, 6) is -0.202. The van der Waals surface area contributed by atoms with Gasteiger partial charge in [0.25, 0.3) is 5.91 Å². The number of nitrogens with zero attached hydrogens (tertiary/aromatic N) is 1. The van der Waals surface area contributed by atoms with Crippen molar-refractivity contribution in [2.45, 2.75) is 30.6 Å². The van der Waals surface area contributed by atoms with Crippen LogP contribution in [0.15, 0.2) is 41.3 Å². The summed E-state index contributed by atoms with van der Waals surface area (Å²) in [5, 5.41) is 3.54. The molecule has 1 heterocycles. The van der Waals surface area contributed by atoms with Gasteiger partial charge >= 0.3 is 0 Å². The maximum absolute atomic E-state index is 13.0. The number of benzene rings is 2. The van der Waals surface area contributed by atoms with E-state index in [4.69, 9.17) is 39.5 Å². The minimum absolute atomic E-state index is 0.0887. The summed E-state index contributed by atoms with van der Waals surface area (Å²) < 4.78 is 32.9. The highest BCUT2D eigenvalue weighted by Crippen LogP contribution is 2.29. The van der Waals surface area contributed by atoms with Crippen molar-refractivity contribution < 1.29 is 17.9 Å². The summed E-state index contributed by atoms with van der Waals surface area (Å²) in [6.07, 6.45) is 3.71. The molecule has 162 valence electrons. The second kappa shape index (κ2) is 10.2. The molecule has 1 amide bonds. The van der Waals surface area contributed by atoms with E-state index in [9.17, 15) is 13.2 Å². The van der Waals surface area contributed by atoms with Crippen molar-refractivity contribution in [3.63, 3.8) is 0 Å². The first-order valence-corrected chi connectivity index (χ1v) is 12.0. The highest BCUT2D eigenvalue weighted by molar-refractivity contribution is 7.89. The van der Waals surface area contributed by atoms with Gasteiger partial charge in [0.2, 0.25) is 10.0 Å². The van der Waals surface area contributed by atoms with Crippen LogP contribution in [0.5, 0.6) is 5.75 Å². The van der Waals surface area contributed by atoms with Crippen molar-refractivity contribution in [1.82, 2.24) is 4.31 Å². The third kappa shape index (κ3) is 5.80. The molecule has 30 heavy (non-hydrogen) atoms. The van der Waals surface area contributed by atoms with Gasteiger partial charge in [-0.05, 0) is 49.2 Å². The van der Waals surface area contributed by atoms with Gasteiger partial charge in [-0.25, -0.2) is 8.42 Å². The van der Waals surface area contributed by atoms with Crippen LogP contribution in [-0.4, -0.2) is 38.3 Å². The summed E-state index contributed by atoms with van der Waals surface area (Å²) in [7, 11) is -3.66. The molecule has 1 fully saturated rings. The van der Waals surface area contributed by atoms with Gasteiger partial charge in [0, 0.05) is 18.1 Å². The minimum atomic E-state index is -3.66. The van der Waals surface area contributed by atoms with Crippen LogP contribution in [0.3, 0.4) is 0 Å². The van der Waals surface area contributed by atoms with Crippen LogP contribution < -0.4 is 10.1 Å². The number of halogens is 3. The summed E-state index contributed by atoms with van der Waals surface area (Å²) in [4.78, 5) is 12.4. The number of amides is 1. The van der Waals surface area contributed by atoms with Crippen LogP contribution in [0.25, 0.3) is 0 Å². The Morgan fingerprint density at radius 3 is 2.33 bits per heavy atom. The zero-order chi connectivity index (χ0) is 21.7. The Bertz CT molecular complexity index is 1020. The highest BCUT2D eigenvalue weighted by Gasteiger charge is 2.26. The number of hydrogen-bond acceptors (Lipinski definition) is 4. The van der Waals surface area contributed by atoms with E-state index in [1.165, 1.54) is 28.6 Å². The van der Waals surface area contributed by atoms with Crippen LogP contribution in [0.4, 0.5) is 5.69 Å². The molecule has 1 aliphatic heterocycles. The average Bonchev–Trinajstić information content (AvgIpc) is 2.99. The van der Waals surface area contributed by atoms with Crippen molar-refractivity contribution in [1.29, 1.82) is 0 Å². The molecule has 2 aromatic rings. The van der Waals surface area contributed by atoms with Gasteiger partial charge in [-0.2, -0.15) is 4.31 Å². The molecule has 0 bridgehead atoms. The first-order chi connectivity index (χ1) is 14.3. The zero-order valence-corrected chi connectivity index (χ0v) is 19.1. The van der Waals surface area contributed by atoms with Crippen LogP contribution in [-0.2, 0) is 14.8 Å². The number of hydrogen-bond donors (Lipinski definition) is 1. The summed E-state index contributed by atoms with van der Waals surface area (Å²) in [6, 6.07) is 8.93. The molecule has 0 radical (unpaired) electrons. The average molecular weight is 492 g/mol. The van der Waals surface area contributed by atoms with Crippen LogP contribution in [0.2, 0.25) is 15.1 Å². The van der Waals surface area contributed by atoms with E-state index in [0.29, 0.717) is 23.9 Å². The SMILES string of the molecule is O=C(COc1ccc(Cl)cc1Cl)Nc1cc(S(=O)(=O)N2CCCCCC2)ccc1Cl. The predicted octanol–water partition coefficient (Wildman–Crippen LogP) is 5.23. The van der Waals surface area contributed by atoms with Crippen LogP contribution in [0.1, 0.15) is 25.7 Å². The van der Waals surface area contributed by atoms with Crippen molar-refractivity contribution >= 4 is 56.4 Å². The zero-order valence-electron chi connectivity index (χ0n) is 16.0. The molecule has 0 saturated carbocycles. The minimum Gasteiger partial charge on any atom is -0.482 e. The van der Waals surface area contributed by atoms with E-state index in [0.717, 1.165) is 25.7 Å². The van der Waals surface area contributed by atoms with E-state index in [-0.39, 0.29) is 27.2 Å². The molecule has 0 unspecified atom stereocenters. The third-order valence-electron chi connectivity index (χ3n) is 4.67. The van der Waals surface area contributed by atoms with Gasteiger partial charge in [-0.15, -0.1) is 0 Å². The molecule has 1 saturated heterocycles. The Hall–Kier alpha value is -1.51. The fraction of sp³-hybridized carbons (Fsp3) is 0.350. The number of nitrogens with one attached hydrogen (secondary N) is 1. The van der Waals surface area contributed by atoms with Crippen molar-refractivity contribution in [3.8, 4) is 5.75 Å². The molecule has 1 N–H and O–H groups in total. The van der Waals surface area contributed by atoms with Crippen LogP contribution in [0, 0.1) is 0 Å². The molecule has 2 aromatic carbocycles. The Morgan fingerprint density at radius 1 is 0.967 bits per heavy atom. The molecule has 1 aliphatic rings. The van der Waals surface area contributed by atoms with E-state index >= 15 is 0 Å². The second-order valence-electron chi connectivity index (χ2n) is 6.87. The third-order valence-corrected chi connectivity index (χ3v) is 7.42. The van der Waals surface area contributed by atoms with Crippen LogP contribution >= 0.6 is 34.8 Å². The number of carbonyl (C=O) groups is 1. The van der Waals surface area contributed by atoms with Gasteiger partial charge in [0.1, 0.15) is 5.75 Å². The first-order valence-electron chi connectivity index (χ1n) is 9.45. The fourth-order valence-electron chi connectivity index (χ4n) is 3.11. The van der Waals surface area contributed by atoms with Crippen molar-refractivity contribution in [3.05, 3.63) is 51.5 Å². The monoisotopic (exact) mass is 490 g/mol. The quantitative estimate of drug-likeness (QED) is 0.600. The molecule has 0 aliphatic carbocycles. The first kappa shape index (κ1) is 23.2. The van der Waals surface area contributed by atoms with Gasteiger partial charge in [0.05, 0.1) is 20.6 Å². The summed E-state index contributed by atoms with van der Waals surface area (Å²) >= 11 is 18.0. The Kier molecular flexibility index (Phi) is 7.87. The Labute approximate surface area is 191 Å². The molecular formula is C20H21Cl3N2O4S. The van der Waals surface area contributed by atoms with Gasteiger partial charge in [0.15, 0.2) is 6.61 Å². The second-order valence-corrected chi connectivity index (χ2v) is 10.1. The molecule has 3 rings (SSSR count). The van der Waals surface area contributed by atoms with Crippen molar-refractivity contribution in [2.24, 2.45) is 0 Å². The Balaban J connectivity index is 1.70. The largest absolute Gasteiger partial charge is 0.482 e. The normalized spacial score (nSPS) is 15.4. The number of carbonyl (C=O) groups excluding carboxylic acids is 1. The number of rotatable bonds is 6. The molecule has 6 nitrogen and oxygen atoms in total. The summed E-state index contributed by atoms with van der Waals surface area (Å²) in [6.45, 7) is 0.644. The lowest BCUT2D eigenvalue weighted by Gasteiger charge is -2.20. The fourth-order valence-corrected chi connectivity index (χ4v) is 5.29. The summed E-state index contributed by atoms with van der Waals surface area (Å²) in [5.41, 5.74) is 0.198. The standard InChI is InChI=1S/C20H21Cl3N2O4S/c21-14-5-8-19(17(23)11-14)29-13-20(26)24-18-12-15(6-7-16(18)22)30(27,28)25-9-3-1-2-4-10-25/h5-8,11-12H,1-4,9-10,13H2,(H,24,26). The Morgan fingerprint density at radius 2 is 1.67 bits per heavy atom. The molecule has 0 spiro atoms. The smallest absolute Gasteiger partial charge is 0.262 e. The topological polar surface area (TPSA) is 75.7 Å². The molecule has 10 heteroatoms. The van der Waals surface area contributed by atoms with E-state index in [1.807, 2.05) is 0 Å². The lowest BCUT2D eigenvalue weighted by Crippen LogP contribution is -2.32. The van der Waals surface area contributed by atoms with Gasteiger partial charge in [-0.3, -0.25) is 4.79 Å². The maximum atomic E-state index is 13.0. The van der Waals surface area contributed by atoms with E-state index < -0.39 is 15.9 Å².